The molecule has 2 aliphatic rings. The smallest absolute Gasteiger partial charge is 0.245 e. The van der Waals surface area contributed by atoms with Crippen LogP contribution < -0.4 is 14.8 Å². The Kier molecular flexibility index (Phi) is 3.60. The summed E-state index contributed by atoms with van der Waals surface area (Å²) in [7, 11) is 0. The number of nitrogens with one attached hydrogen (secondary N) is 1. The number of carbonyl (C=O) groups is 1. The van der Waals surface area contributed by atoms with Crippen LogP contribution in [0.3, 0.4) is 0 Å². The van der Waals surface area contributed by atoms with Crippen LogP contribution in [0.1, 0.15) is 18.4 Å². The van der Waals surface area contributed by atoms with Gasteiger partial charge in [-0.25, -0.2) is 0 Å². The standard InChI is InChI=1S/C15H13BrN2O3/c16-11-7-10(8-12-14(11)21-6-5-20-12)1-2-13(19)18-15(9-17)3-4-15/h1-2,7-8H,3-6H2,(H,18,19)/b2-1+. The summed E-state index contributed by atoms with van der Waals surface area (Å²) in [5, 5.41) is 11.6. The summed E-state index contributed by atoms with van der Waals surface area (Å²) in [5.41, 5.74) is 0.178. The number of hydrogen-bond acceptors (Lipinski definition) is 4. The summed E-state index contributed by atoms with van der Waals surface area (Å²) >= 11 is 3.43. The molecule has 0 atom stereocenters. The number of amides is 1. The molecule has 1 aromatic carbocycles. The van der Waals surface area contributed by atoms with Crippen LogP contribution in [0.25, 0.3) is 6.08 Å². The molecule has 0 aromatic heterocycles. The zero-order chi connectivity index (χ0) is 14.9. The monoisotopic (exact) mass is 348 g/mol. The topological polar surface area (TPSA) is 71.4 Å². The quantitative estimate of drug-likeness (QED) is 0.851. The van der Waals surface area contributed by atoms with E-state index in [1.54, 1.807) is 6.08 Å². The van der Waals surface area contributed by atoms with E-state index in [1.165, 1.54) is 6.08 Å². The largest absolute Gasteiger partial charge is 0.486 e. The highest BCUT2D eigenvalue weighted by molar-refractivity contribution is 9.10. The minimum Gasteiger partial charge on any atom is -0.486 e. The molecular weight excluding hydrogens is 336 g/mol. The van der Waals surface area contributed by atoms with Crippen LogP contribution in [0.4, 0.5) is 0 Å². The lowest BCUT2D eigenvalue weighted by Gasteiger charge is -2.19. The summed E-state index contributed by atoms with van der Waals surface area (Å²) in [6, 6.07) is 5.80. The first kappa shape index (κ1) is 14.0. The molecule has 0 radical (unpaired) electrons. The van der Waals surface area contributed by atoms with Crippen LogP contribution in [0.2, 0.25) is 0 Å². The van der Waals surface area contributed by atoms with Crippen LogP contribution in [0.5, 0.6) is 11.5 Å². The van der Waals surface area contributed by atoms with Crippen molar-refractivity contribution in [3.63, 3.8) is 0 Å². The average molecular weight is 349 g/mol. The van der Waals surface area contributed by atoms with Crippen molar-refractivity contribution >= 4 is 27.9 Å². The first-order chi connectivity index (χ1) is 10.1. The Balaban J connectivity index is 1.73. The molecule has 3 rings (SSSR count). The summed E-state index contributed by atoms with van der Waals surface area (Å²) < 4.78 is 11.8. The van der Waals surface area contributed by atoms with Crippen molar-refractivity contribution in [2.75, 3.05) is 13.2 Å². The summed E-state index contributed by atoms with van der Waals surface area (Å²) in [5.74, 6) is 1.08. The van der Waals surface area contributed by atoms with Gasteiger partial charge in [0.2, 0.25) is 5.91 Å². The summed E-state index contributed by atoms with van der Waals surface area (Å²) in [4.78, 5) is 11.8. The van der Waals surface area contributed by atoms with E-state index in [4.69, 9.17) is 14.7 Å². The molecular formula is C15H13BrN2O3. The van der Waals surface area contributed by atoms with Gasteiger partial charge in [0.15, 0.2) is 11.5 Å². The molecule has 1 fully saturated rings. The Hall–Kier alpha value is -2.00. The van der Waals surface area contributed by atoms with Gasteiger partial charge in [-0.1, -0.05) is 0 Å². The van der Waals surface area contributed by atoms with E-state index in [9.17, 15) is 4.79 Å². The van der Waals surface area contributed by atoms with E-state index in [0.29, 0.717) is 24.7 Å². The molecule has 1 aromatic rings. The molecule has 1 heterocycles. The van der Waals surface area contributed by atoms with E-state index in [0.717, 1.165) is 22.9 Å². The van der Waals surface area contributed by atoms with Crippen molar-refractivity contribution < 1.29 is 14.3 Å². The lowest BCUT2D eigenvalue weighted by molar-refractivity contribution is -0.117. The third-order valence-corrected chi connectivity index (χ3v) is 3.96. The van der Waals surface area contributed by atoms with Crippen LogP contribution in [-0.2, 0) is 4.79 Å². The lowest BCUT2D eigenvalue weighted by Crippen LogP contribution is -2.34. The Bertz CT molecular complexity index is 660. The van der Waals surface area contributed by atoms with E-state index >= 15 is 0 Å². The van der Waals surface area contributed by atoms with Gasteiger partial charge in [0.1, 0.15) is 18.8 Å². The minimum absolute atomic E-state index is 0.264. The zero-order valence-electron chi connectivity index (χ0n) is 11.2. The van der Waals surface area contributed by atoms with Crippen LogP contribution >= 0.6 is 15.9 Å². The third-order valence-electron chi connectivity index (χ3n) is 3.37. The minimum atomic E-state index is -0.644. The maximum Gasteiger partial charge on any atom is 0.245 e. The number of nitriles is 1. The highest BCUT2D eigenvalue weighted by Crippen LogP contribution is 2.39. The van der Waals surface area contributed by atoms with Gasteiger partial charge >= 0.3 is 0 Å². The third kappa shape index (κ3) is 3.03. The van der Waals surface area contributed by atoms with Gasteiger partial charge in [-0.05, 0) is 52.5 Å². The average Bonchev–Trinajstić information content (AvgIpc) is 3.25. The Morgan fingerprint density at radius 2 is 2.14 bits per heavy atom. The number of carbonyl (C=O) groups excluding carboxylic acids is 1. The Labute approximate surface area is 130 Å². The molecule has 6 heteroatoms. The van der Waals surface area contributed by atoms with Crippen LogP contribution in [-0.4, -0.2) is 24.7 Å². The molecule has 0 bridgehead atoms. The van der Waals surface area contributed by atoms with Gasteiger partial charge in [-0.2, -0.15) is 5.26 Å². The van der Waals surface area contributed by atoms with Crippen molar-refractivity contribution in [1.29, 1.82) is 5.26 Å². The predicted octanol–water partition coefficient (Wildman–Crippen LogP) is 2.41. The van der Waals surface area contributed by atoms with Crippen molar-refractivity contribution in [1.82, 2.24) is 5.32 Å². The van der Waals surface area contributed by atoms with Crippen LogP contribution in [0.15, 0.2) is 22.7 Å². The van der Waals surface area contributed by atoms with Gasteiger partial charge in [0.25, 0.3) is 0 Å². The molecule has 1 aliphatic heterocycles. The van der Waals surface area contributed by atoms with Crippen molar-refractivity contribution in [2.45, 2.75) is 18.4 Å². The predicted molar refractivity (Wildman–Crippen MR) is 79.9 cm³/mol. The fraction of sp³-hybridized carbons (Fsp3) is 0.333. The molecule has 1 amide bonds. The lowest BCUT2D eigenvalue weighted by atomic mass is 10.1. The second-order valence-electron chi connectivity index (χ2n) is 5.04. The van der Waals surface area contributed by atoms with Gasteiger partial charge in [-0.3, -0.25) is 4.79 Å². The Morgan fingerprint density at radius 1 is 1.38 bits per heavy atom. The maximum atomic E-state index is 11.8. The molecule has 1 saturated carbocycles. The van der Waals surface area contributed by atoms with Gasteiger partial charge in [0.05, 0.1) is 10.5 Å². The molecule has 1 aliphatic carbocycles. The number of nitrogens with zero attached hydrogens (tertiary/aromatic N) is 1. The number of rotatable bonds is 3. The van der Waals surface area contributed by atoms with Crippen molar-refractivity contribution in [2.24, 2.45) is 0 Å². The molecule has 0 unspecified atom stereocenters. The molecule has 5 nitrogen and oxygen atoms in total. The fourth-order valence-electron chi connectivity index (χ4n) is 2.07. The van der Waals surface area contributed by atoms with Crippen molar-refractivity contribution in [3.05, 3.63) is 28.2 Å². The normalized spacial score (nSPS) is 18.1. The molecule has 1 N–H and O–H groups in total. The SMILES string of the molecule is N#CC1(NC(=O)/C=C/c2cc(Br)c3c(c2)OCCO3)CC1. The highest BCUT2D eigenvalue weighted by atomic mass is 79.9. The number of ether oxygens (including phenoxy) is 2. The molecule has 108 valence electrons. The first-order valence-electron chi connectivity index (χ1n) is 6.62. The second kappa shape index (κ2) is 5.41. The molecule has 21 heavy (non-hydrogen) atoms. The van der Waals surface area contributed by atoms with Crippen LogP contribution in [0, 0.1) is 11.3 Å². The molecule has 0 saturated heterocycles. The van der Waals surface area contributed by atoms with Gasteiger partial charge in [-0.15, -0.1) is 0 Å². The number of hydrogen-bond donors (Lipinski definition) is 1. The van der Waals surface area contributed by atoms with E-state index in [1.807, 2.05) is 12.1 Å². The van der Waals surface area contributed by atoms with Gasteiger partial charge in [0, 0.05) is 6.08 Å². The number of halogens is 1. The zero-order valence-corrected chi connectivity index (χ0v) is 12.8. The number of benzene rings is 1. The maximum absolute atomic E-state index is 11.8. The van der Waals surface area contributed by atoms with Crippen molar-refractivity contribution in [3.8, 4) is 17.6 Å². The number of fused-ring (bicyclic) bond motifs is 1. The fourth-order valence-corrected chi connectivity index (χ4v) is 2.64. The van der Waals surface area contributed by atoms with E-state index in [-0.39, 0.29) is 5.91 Å². The summed E-state index contributed by atoms with van der Waals surface area (Å²) in [6.07, 6.45) is 4.55. The highest BCUT2D eigenvalue weighted by Gasteiger charge is 2.44. The summed E-state index contributed by atoms with van der Waals surface area (Å²) in [6.45, 7) is 1.04. The van der Waals surface area contributed by atoms with E-state index < -0.39 is 5.54 Å². The first-order valence-corrected chi connectivity index (χ1v) is 7.42. The molecule has 0 spiro atoms. The van der Waals surface area contributed by atoms with Gasteiger partial charge < -0.3 is 14.8 Å². The second-order valence-corrected chi connectivity index (χ2v) is 5.90. The Morgan fingerprint density at radius 3 is 2.86 bits per heavy atom. The van der Waals surface area contributed by atoms with E-state index in [2.05, 4.69) is 27.3 Å².